The molecule has 4 aromatic rings. The van der Waals surface area contributed by atoms with Crippen molar-refractivity contribution < 1.29 is 13.2 Å². The van der Waals surface area contributed by atoms with Crippen LogP contribution in [-0.2, 0) is 23.0 Å². The molecule has 0 saturated heterocycles. The summed E-state index contributed by atoms with van der Waals surface area (Å²) in [6.45, 7) is 0.676. The molecule has 7 nitrogen and oxygen atoms in total. The molecule has 0 aliphatic carbocycles. The molecule has 1 aliphatic rings. The number of aromatic amines is 1. The fraction of sp³-hybridized carbons (Fsp3) is 0.167. The lowest BCUT2D eigenvalue weighted by Crippen LogP contribution is -2.30. The molecule has 1 amide bonds. The summed E-state index contributed by atoms with van der Waals surface area (Å²) in [5, 5.41) is 0. The Bertz CT molecular complexity index is 1390. The summed E-state index contributed by atoms with van der Waals surface area (Å²) < 4.78 is 28.1. The normalized spacial score (nSPS) is 13.3. The zero-order valence-electron chi connectivity index (χ0n) is 17.5. The van der Waals surface area contributed by atoms with Crippen molar-refractivity contribution in [3.8, 4) is 0 Å². The Balaban J connectivity index is 1.39. The number of sulfonamides is 1. The van der Waals surface area contributed by atoms with Crippen molar-refractivity contribution >= 4 is 32.7 Å². The lowest BCUT2D eigenvalue weighted by molar-refractivity contribution is 0.0781. The molecule has 5 rings (SSSR count). The highest BCUT2D eigenvalue weighted by atomic mass is 32.2. The van der Waals surface area contributed by atoms with Crippen molar-refractivity contribution in [2.45, 2.75) is 17.9 Å². The molecule has 0 unspecified atom stereocenters. The standard InChI is InChI=1S/C24H22N4O3S/c1-27(16-23-25-20-10-3-4-11-21(20)26-23)24(29)18-8-6-9-19(15-18)32(30,31)28-14-13-17-7-2-5-12-22(17)28/h2-12,15H,13-14,16H2,1H3,(H,25,26). The van der Waals surface area contributed by atoms with E-state index in [1.807, 2.05) is 48.5 Å². The van der Waals surface area contributed by atoms with E-state index in [-0.39, 0.29) is 17.3 Å². The Labute approximate surface area is 186 Å². The molecular weight excluding hydrogens is 424 g/mol. The molecule has 0 radical (unpaired) electrons. The zero-order chi connectivity index (χ0) is 22.3. The second-order valence-corrected chi connectivity index (χ2v) is 9.71. The minimum atomic E-state index is -3.77. The maximum atomic E-state index is 13.3. The van der Waals surface area contributed by atoms with Crippen molar-refractivity contribution in [2.24, 2.45) is 0 Å². The molecule has 1 N–H and O–H groups in total. The first kappa shape index (κ1) is 20.3. The highest BCUT2D eigenvalue weighted by molar-refractivity contribution is 7.92. The topological polar surface area (TPSA) is 86.4 Å². The lowest BCUT2D eigenvalue weighted by Gasteiger charge is -2.20. The second kappa shape index (κ2) is 7.80. The minimum Gasteiger partial charge on any atom is -0.340 e. The molecular formula is C24H22N4O3S. The summed E-state index contributed by atoms with van der Waals surface area (Å²) in [6.07, 6.45) is 0.675. The van der Waals surface area contributed by atoms with Crippen LogP contribution in [-0.4, -0.2) is 42.8 Å². The number of nitrogens with one attached hydrogen (secondary N) is 1. The zero-order valence-corrected chi connectivity index (χ0v) is 18.3. The number of amides is 1. The summed E-state index contributed by atoms with van der Waals surface area (Å²) in [5.74, 6) is 0.392. The summed E-state index contributed by atoms with van der Waals surface area (Å²) in [7, 11) is -2.09. The number of hydrogen-bond acceptors (Lipinski definition) is 4. The van der Waals surface area contributed by atoms with Gasteiger partial charge in [-0.3, -0.25) is 9.10 Å². The van der Waals surface area contributed by atoms with Crippen LogP contribution in [0, 0.1) is 0 Å². The molecule has 0 spiro atoms. The largest absolute Gasteiger partial charge is 0.340 e. The average Bonchev–Trinajstić information content (AvgIpc) is 3.42. The summed E-state index contributed by atoms with van der Waals surface area (Å²) in [4.78, 5) is 22.4. The van der Waals surface area contributed by atoms with Gasteiger partial charge in [-0.15, -0.1) is 0 Å². The van der Waals surface area contributed by atoms with Crippen LogP contribution < -0.4 is 4.31 Å². The minimum absolute atomic E-state index is 0.109. The van der Waals surface area contributed by atoms with Gasteiger partial charge in [-0.25, -0.2) is 13.4 Å². The number of aromatic nitrogens is 2. The number of benzene rings is 3. The highest BCUT2D eigenvalue weighted by Gasteiger charge is 2.31. The van der Waals surface area contributed by atoms with Gasteiger partial charge in [0.25, 0.3) is 15.9 Å². The van der Waals surface area contributed by atoms with Crippen LogP contribution in [0.1, 0.15) is 21.7 Å². The van der Waals surface area contributed by atoms with Crippen molar-refractivity contribution in [2.75, 3.05) is 17.9 Å². The van der Waals surface area contributed by atoms with Crippen molar-refractivity contribution in [1.29, 1.82) is 0 Å². The van der Waals surface area contributed by atoms with Crippen LogP contribution in [0.25, 0.3) is 11.0 Å². The van der Waals surface area contributed by atoms with Crippen molar-refractivity contribution in [3.05, 3.63) is 89.7 Å². The monoisotopic (exact) mass is 446 g/mol. The molecule has 0 fully saturated rings. The van der Waals surface area contributed by atoms with Gasteiger partial charge in [0.1, 0.15) is 5.82 Å². The van der Waals surface area contributed by atoms with Crippen LogP contribution in [0.4, 0.5) is 5.69 Å². The van der Waals surface area contributed by atoms with E-state index in [1.54, 1.807) is 19.2 Å². The maximum Gasteiger partial charge on any atom is 0.264 e. The Morgan fingerprint density at radius 3 is 2.69 bits per heavy atom. The van der Waals surface area contributed by atoms with Gasteiger partial charge in [-0.1, -0.05) is 36.4 Å². The Hall–Kier alpha value is -3.65. The third kappa shape index (κ3) is 3.52. The molecule has 2 heterocycles. The third-order valence-electron chi connectivity index (χ3n) is 5.69. The third-order valence-corrected chi connectivity index (χ3v) is 7.49. The number of para-hydroxylation sites is 3. The van der Waals surface area contributed by atoms with Crippen LogP contribution in [0.2, 0.25) is 0 Å². The Morgan fingerprint density at radius 1 is 1.06 bits per heavy atom. The smallest absolute Gasteiger partial charge is 0.264 e. The van der Waals surface area contributed by atoms with E-state index in [2.05, 4.69) is 9.97 Å². The van der Waals surface area contributed by atoms with Crippen molar-refractivity contribution in [3.63, 3.8) is 0 Å². The number of nitrogens with zero attached hydrogens (tertiary/aromatic N) is 3. The molecule has 3 aromatic carbocycles. The molecule has 0 saturated carbocycles. The molecule has 0 atom stereocenters. The number of H-pyrrole nitrogens is 1. The van der Waals surface area contributed by atoms with Gasteiger partial charge in [-0.2, -0.15) is 0 Å². The van der Waals surface area contributed by atoms with Gasteiger partial charge in [-0.05, 0) is 48.4 Å². The molecule has 8 heteroatoms. The number of carbonyl (C=O) groups is 1. The van der Waals surface area contributed by atoms with E-state index in [1.165, 1.54) is 21.3 Å². The number of carbonyl (C=O) groups excluding carboxylic acids is 1. The SMILES string of the molecule is CN(Cc1nc2ccccc2[nH]1)C(=O)c1cccc(S(=O)(=O)N2CCc3ccccc32)c1. The first-order valence-corrected chi connectivity index (χ1v) is 11.8. The molecule has 32 heavy (non-hydrogen) atoms. The van der Waals surface area contributed by atoms with E-state index in [4.69, 9.17) is 0 Å². The van der Waals surface area contributed by atoms with Gasteiger partial charge in [0, 0.05) is 19.2 Å². The van der Waals surface area contributed by atoms with Gasteiger partial charge >= 0.3 is 0 Å². The predicted molar refractivity (Wildman–Crippen MR) is 123 cm³/mol. The van der Waals surface area contributed by atoms with Gasteiger partial charge in [0.05, 0.1) is 28.2 Å². The van der Waals surface area contributed by atoms with E-state index in [0.29, 0.717) is 30.0 Å². The van der Waals surface area contributed by atoms with Gasteiger partial charge in [0.2, 0.25) is 0 Å². The van der Waals surface area contributed by atoms with Crippen LogP contribution >= 0.6 is 0 Å². The van der Waals surface area contributed by atoms with E-state index >= 15 is 0 Å². The molecule has 162 valence electrons. The van der Waals surface area contributed by atoms with E-state index in [9.17, 15) is 13.2 Å². The van der Waals surface area contributed by atoms with Gasteiger partial charge in [0.15, 0.2) is 0 Å². The first-order valence-electron chi connectivity index (χ1n) is 10.3. The second-order valence-electron chi connectivity index (χ2n) is 7.85. The van der Waals surface area contributed by atoms with Crippen LogP contribution in [0.15, 0.2) is 77.7 Å². The number of rotatable bonds is 5. The Kier molecular flexibility index (Phi) is 4.94. The average molecular weight is 447 g/mol. The predicted octanol–water partition coefficient (Wildman–Crippen LogP) is 3.59. The summed E-state index contributed by atoms with van der Waals surface area (Å²) in [6, 6.07) is 21.4. The van der Waals surface area contributed by atoms with Gasteiger partial charge < -0.3 is 9.88 Å². The van der Waals surface area contributed by atoms with Crippen molar-refractivity contribution in [1.82, 2.24) is 14.9 Å². The van der Waals surface area contributed by atoms with Crippen LogP contribution in [0.3, 0.4) is 0 Å². The van der Waals surface area contributed by atoms with E-state index < -0.39 is 10.0 Å². The lowest BCUT2D eigenvalue weighted by atomic mass is 10.2. The number of imidazole rings is 1. The van der Waals surface area contributed by atoms with Crippen LogP contribution in [0.5, 0.6) is 0 Å². The fourth-order valence-corrected chi connectivity index (χ4v) is 5.62. The quantitative estimate of drug-likeness (QED) is 0.508. The molecule has 1 aliphatic heterocycles. The Morgan fingerprint density at radius 2 is 1.84 bits per heavy atom. The fourth-order valence-electron chi connectivity index (χ4n) is 4.07. The maximum absolute atomic E-state index is 13.3. The molecule has 1 aromatic heterocycles. The first-order chi connectivity index (χ1) is 15.4. The molecule has 0 bridgehead atoms. The number of fused-ring (bicyclic) bond motifs is 2. The highest BCUT2D eigenvalue weighted by Crippen LogP contribution is 2.32. The number of anilines is 1. The summed E-state index contributed by atoms with van der Waals surface area (Å²) >= 11 is 0. The number of hydrogen-bond donors (Lipinski definition) is 1. The summed E-state index contributed by atoms with van der Waals surface area (Å²) in [5.41, 5.74) is 3.77. The van der Waals surface area contributed by atoms with E-state index in [0.717, 1.165) is 16.6 Å².